The van der Waals surface area contributed by atoms with Gasteiger partial charge in [-0.2, -0.15) is 0 Å². The molecule has 0 bridgehead atoms. The molecule has 4 rings (SSSR count). The van der Waals surface area contributed by atoms with Crippen molar-refractivity contribution in [1.29, 1.82) is 0 Å². The first kappa shape index (κ1) is 16.0. The van der Waals surface area contributed by atoms with Gasteiger partial charge in [0.15, 0.2) is 11.6 Å². The van der Waals surface area contributed by atoms with Gasteiger partial charge in [-0.15, -0.1) is 11.3 Å². The van der Waals surface area contributed by atoms with Gasteiger partial charge in [-0.25, -0.2) is 9.37 Å². The van der Waals surface area contributed by atoms with Crippen LogP contribution in [0.2, 0.25) is 0 Å². The number of halogens is 2. The lowest BCUT2D eigenvalue weighted by Gasteiger charge is -2.07. The molecule has 2 aromatic carbocycles. The standard InChI is InChI=1S/C17H11BrFN3O2S/c18-8-1-4-13-10(5-8)15-16(25-13)17(24)22-14(21-15)7-20-9-2-3-11(19)12(23)6-9/h1-6,20,23H,7H2,(H,21,22,24). The number of nitrogens with one attached hydrogen (secondary N) is 2. The van der Waals surface area contributed by atoms with Crippen molar-refractivity contribution in [3.8, 4) is 5.75 Å². The van der Waals surface area contributed by atoms with Crippen LogP contribution in [0.25, 0.3) is 20.3 Å². The van der Waals surface area contributed by atoms with E-state index in [1.165, 1.54) is 29.5 Å². The number of phenolic OH excluding ortho intramolecular Hbond substituents is 1. The second-order valence-corrected chi connectivity index (χ2v) is 7.42. The molecule has 0 saturated heterocycles. The second kappa shape index (κ2) is 6.12. The number of aromatic hydroxyl groups is 1. The van der Waals surface area contributed by atoms with Gasteiger partial charge in [0.2, 0.25) is 0 Å². The molecule has 0 spiro atoms. The minimum atomic E-state index is -0.686. The van der Waals surface area contributed by atoms with E-state index in [1.54, 1.807) is 0 Å². The maximum absolute atomic E-state index is 13.1. The monoisotopic (exact) mass is 419 g/mol. The molecular formula is C17H11BrFN3O2S. The molecule has 3 N–H and O–H groups in total. The first-order chi connectivity index (χ1) is 12.0. The summed E-state index contributed by atoms with van der Waals surface area (Å²) in [5, 5.41) is 13.3. The number of thiophene rings is 1. The van der Waals surface area contributed by atoms with Crippen LogP contribution in [0, 0.1) is 5.82 Å². The summed E-state index contributed by atoms with van der Waals surface area (Å²) in [4.78, 5) is 19.7. The summed E-state index contributed by atoms with van der Waals surface area (Å²) >= 11 is 4.84. The van der Waals surface area contributed by atoms with E-state index in [9.17, 15) is 14.3 Å². The van der Waals surface area contributed by atoms with Crippen LogP contribution in [0.15, 0.2) is 45.7 Å². The minimum absolute atomic E-state index is 0.193. The van der Waals surface area contributed by atoms with E-state index >= 15 is 0 Å². The summed E-state index contributed by atoms with van der Waals surface area (Å²) in [6.45, 7) is 0.238. The Kier molecular flexibility index (Phi) is 3.93. The van der Waals surface area contributed by atoms with Crippen molar-refractivity contribution in [3.63, 3.8) is 0 Å². The maximum Gasteiger partial charge on any atom is 0.268 e. The van der Waals surface area contributed by atoms with E-state index in [0.717, 1.165) is 14.6 Å². The number of aromatic nitrogens is 2. The fourth-order valence-corrected chi connectivity index (χ4v) is 3.94. The Morgan fingerprint density at radius 2 is 2.12 bits per heavy atom. The Balaban J connectivity index is 1.72. The summed E-state index contributed by atoms with van der Waals surface area (Å²) in [5.41, 5.74) is 0.990. The highest BCUT2D eigenvalue weighted by atomic mass is 79.9. The number of phenols is 1. The lowest BCUT2D eigenvalue weighted by Crippen LogP contribution is -2.13. The molecule has 0 fully saturated rings. The molecule has 8 heteroatoms. The zero-order valence-corrected chi connectivity index (χ0v) is 15.0. The molecule has 0 amide bonds. The molecule has 4 aromatic rings. The van der Waals surface area contributed by atoms with Crippen LogP contribution in [0.1, 0.15) is 5.82 Å². The van der Waals surface area contributed by atoms with Crippen molar-refractivity contribution in [1.82, 2.24) is 9.97 Å². The van der Waals surface area contributed by atoms with E-state index in [0.29, 0.717) is 21.7 Å². The molecule has 0 radical (unpaired) electrons. The Labute approximate surface area is 153 Å². The molecule has 2 aromatic heterocycles. The Morgan fingerprint density at radius 3 is 2.92 bits per heavy atom. The Hall–Kier alpha value is -2.45. The molecule has 0 atom stereocenters. The molecule has 2 heterocycles. The number of hydrogen-bond acceptors (Lipinski definition) is 5. The summed E-state index contributed by atoms with van der Waals surface area (Å²) in [5.74, 6) is -0.662. The van der Waals surface area contributed by atoms with Crippen molar-refractivity contribution in [2.45, 2.75) is 6.54 Å². The van der Waals surface area contributed by atoms with Gasteiger partial charge in [0.1, 0.15) is 10.5 Å². The van der Waals surface area contributed by atoms with E-state index in [-0.39, 0.29) is 12.1 Å². The molecule has 5 nitrogen and oxygen atoms in total. The van der Waals surface area contributed by atoms with Crippen molar-refractivity contribution >= 4 is 53.3 Å². The minimum Gasteiger partial charge on any atom is -0.505 e. The number of H-pyrrole nitrogens is 1. The zero-order chi connectivity index (χ0) is 17.6. The number of hydrogen-bond donors (Lipinski definition) is 3. The van der Waals surface area contributed by atoms with Gasteiger partial charge < -0.3 is 15.4 Å². The normalized spacial score (nSPS) is 11.3. The molecule has 0 aliphatic heterocycles. The number of rotatable bonds is 3. The third kappa shape index (κ3) is 2.98. The van der Waals surface area contributed by atoms with E-state index < -0.39 is 11.6 Å². The molecule has 0 aliphatic carbocycles. The summed E-state index contributed by atoms with van der Waals surface area (Å²) < 4.78 is 15.6. The highest BCUT2D eigenvalue weighted by Gasteiger charge is 2.12. The molecule has 126 valence electrons. The van der Waals surface area contributed by atoms with Gasteiger partial charge in [0.25, 0.3) is 5.56 Å². The van der Waals surface area contributed by atoms with Gasteiger partial charge in [-0.05, 0) is 30.3 Å². The van der Waals surface area contributed by atoms with Crippen LogP contribution in [-0.2, 0) is 6.54 Å². The number of benzene rings is 2. The van der Waals surface area contributed by atoms with Crippen molar-refractivity contribution in [3.05, 3.63) is 62.9 Å². The van der Waals surface area contributed by atoms with Crippen LogP contribution in [0.3, 0.4) is 0 Å². The van der Waals surface area contributed by atoms with Crippen LogP contribution in [0.4, 0.5) is 10.1 Å². The first-order valence-corrected chi connectivity index (χ1v) is 8.95. The van der Waals surface area contributed by atoms with Crippen molar-refractivity contribution < 1.29 is 9.50 Å². The third-order valence-electron chi connectivity index (χ3n) is 3.74. The molecule has 0 saturated carbocycles. The number of anilines is 1. The fraction of sp³-hybridized carbons (Fsp3) is 0.0588. The number of nitrogens with zero attached hydrogens (tertiary/aromatic N) is 1. The van der Waals surface area contributed by atoms with Gasteiger partial charge in [-0.1, -0.05) is 15.9 Å². The van der Waals surface area contributed by atoms with Crippen molar-refractivity contribution in [2.75, 3.05) is 5.32 Å². The summed E-state index contributed by atoms with van der Waals surface area (Å²) in [7, 11) is 0. The lowest BCUT2D eigenvalue weighted by atomic mass is 10.2. The Morgan fingerprint density at radius 1 is 1.28 bits per heavy atom. The Bertz CT molecular complexity index is 1170. The van der Waals surface area contributed by atoms with Crippen LogP contribution >= 0.6 is 27.3 Å². The lowest BCUT2D eigenvalue weighted by molar-refractivity contribution is 0.433. The highest BCUT2D eigenvalue weighted by molar-refractivity contribution is 9.10. The molecule has 0 unspecified atom stereocenters. The number of aromatic amines is 1. The predicted octanol–water partition coefficient (Wildman–Crippen LogP) is 4.36. The van der Waals surface area contributed by atoms with Gasteiger partial charge >= 0.3 is 0 Å². The number of fused-ring (bicyclic) bond motifs is 3. The summed E-state index contributed by atoms with van der Waals surface area (Å²) in [6.07, 6.45) is 0. The van der Waals surface area contributed by atoms with Crippen molar-refractivity contribution in [2.24, 2.45) is 0 Å². The topological polar surface area (TPSA) is 78.0 Å². The van der Waals surface area contributed by atoms with E-state index in [1.807, 2.05) is 18.2 Å². The average molecular weight is 420 g/mol. The predicted molar refractivity (Wildman–Crippen MR) is 101 cm³/mol. The summed E-state index contributed by atoms with van der Waals surface area (Å²) in [6, 6.07) is 9.77. The van der Waals surface area contributed by atoms with Gasteiger partial charge in [0.05, 0.1) is 12.1 Å². The largest absolute Gasteiger partial charge is 0.505 e. The average Bonchev–Trinajstić information content (AvgIpc) is 2.95. The second-order valence-electron chi connectivity index (χ2n) is 5.45. The SMILES string of the molecule is O=c1[nH]c(CNc2ccc(F)c(O)c2)nc2c1sc1ccc(Br)cc12. The fourth-order valence-electron chi connectivity index (χ4n) is 2.56. The van der Waals surface area contributed by atoms with Gasteiger partial charge in [0, 0.05) is 26.3 Å². The quantitative estimate of drug-likeness (QED) is 0.461. The maximum atomic E-state index is 13.1. The van der Waals surface area contributed by atoms with E-state index in [4.69, 9.17) is 0 Å². The molecule has 25 heavy (non-hydrogen) atoms. The zero-order valence-electron chi connectivity index (χ0n) is 12.6. The van der Waals surface area contributed by atoms with E-state index in [2.05, 4.69) is 31.2 Å². The van der Waals surface area contributed by atoms with Crippen LogP contribution < -0.4 is 10.9 Å². The van der Waals surface area contributed by atoms with Crippen LogP contribution in [0.5, 0.6) is 5.75 Å². The smallest absolute Gasteiger partial charge is 0.268 e. The van der Waals surface area contributed by atoms with Crippen LogP contribution in [-0.4, -0.2) is 15.1 Å². The molecule has 0 aliphatic rings. The third-order valence-corrected chi connectivity index (χ3v) is 5.39. The first-order valence-electron chi connectivity index (χ1n) is 7.34. The highest BCUT2D eigenvalue weighted by Crippen LogP contribution is 2.32. The van der Waals surface area contributed by atoms with Gasteiger partial charge in [-0.3, -0.25) is 4.79 Å². The molecular weight excluding hydrogens is 409 g/mol.